The Balaban J connectivity index is 2.00. The van der Waals surface area contributed by atoms with Gasteiger partial charge in [0.2, 0.25) is 5.28 Å². The van der Waals surface area contributed by atoms with Crippen LogP contribution in [0.2, 0.25) is 5.28 Å². The first kappa shape index (κ1) is 12.6. The van der Waals surface area contributed by atoms with E-state index in [4.69, 9.17) is 16.7 Å². The Morgan fingerprint density at radius 3 is 2.95 bits per heavy atom. The normalized spacial score (nSPS) is 15.7. The molecule has 0 amide bonds. The van der Waals surface area contributed by atoms with Gasteiger partial charge in [-0.1, -0.05) is 0 Å². The van der Waals surface area contributed by atoms with Crippen molar-refractivity contribution in [1.29, 1.82) is 0 Å². The van der Waals surface area contributed by atoms with Crippen LogP contribution >= 0.6 is 11.6 Å². The second kappa shape index (κ2) is 5.30. The van der Waals surface area contributed by atoms with Crippen molar-refractivity contribution in [1.82, 2.24) is 19.9 Å². The lowest BCUT2D eigenvalue weighted by Gasteiger charge is -2.38. The number of imidazole rings is 1. The molecule has 0 aliphatic heterocycles. The molecular formula is C12H16ClN5O. The summed E-state index contributed by atoms with van der Waals surface area (Å²) < 4.78 is 0. The first-order chi connectivity index (χ1) is 9.29. The SMILES string of the molecule is OCCCN(c1nc(Cl)nc2nc[nH]c12)C1CCC1. The van der Waals surface area contributed by atoms with Crippen LogP contribution < -0.4 is 4.90 Å². The van der Waals surface area contributed by atoms with Gasteiger partial charge in [0, 0.05) is 19.2 Å². The molecule has 0 spiro atoms. The van der Waals surface area contributed by atoms with E-state index >= 15 is 0 Å². The van der Waals surface area contributed by atoms with Crippen LogP contribution in [-0.4, -0.2) is 44.2 Å². The fourth-order valence-corrected chi connectivity index (χ4v) is 2.56. The number of aromatic amines is 1. The van der Waals surface area contributed by atoms with Gasteiger partial charge in [0.25, 0.3) is 0 Å². The number of aromatic nitrogens is 4. The van der Waals surface area contributed by atoms with E-state index < -0.39 is 0 Å². The number of rotatable bonds is 5. The predicted molar refractivity (Wildman–Crippen MR) is 73.4 cm³/mol. The van der Waals surface area contributed by atoms with Crippen LogP contribution in [0, 0.1) is 0 Å². The number of hydrogen-bond donors (Lipinski definition) is 2. The Labute approximate surface area is 115 Å². The van der Waals surface area contributed by atoms with Crippen LogP contribution in [0.15, 0.2) is 6.33 Å². The number of hydrogen-bond acceptors (Lipinski definition) is 5. The Morgan fingerprint density at radius 1 is 1.42 bits per heavy atom. The number of aliphatic hydroxyl groups excluding tert-OH is 1. The molecular weight excluding hydrogens is 266 g/mol. The summed E-state index contributed by atoms with van der Waals surface area (Å²) in [5, 5.41) is 9.27. The molecule has 2 N–H and O–H groups in total. The van der Waals surface area contributed by atoms with Gasteiger partial charge in [0.1, 0.15) is 5.52 Å². The average molecular weight is 282 g/mol. The second-order valence-electron chi connectivity index (χ2n) is 4.77. The maximum Gasteiger partial charge on any atom is 0.226 e. The summed E-state index contributed by atoms with van der Waals surface area (Å²) in [6.07, 6.45) is 5.87. The monoisotopic (exact) mass is 281 g/mol. The topological polar surface area (TPSA) is 77.9 Å². The third-order valence-corrected chi connectivity index (χ3v) is 3.75. The minimum absolute atomic E-state index is 0.175. The predicted octanol–water partition coefficient (Wildman–Crippen LogP) is 1.75. The number of nitrogens with zero attached hydrogens (tertiary/aromatic N) is 4. The number of anilines is 1. The molecule has 2 aromatic heterocycles. The number of aliphatic hydroxyl groups is 1. The number of nitrogens with one attached hydrogen (secondary N) is 1. The highest BCUT2D eigenvalue weighted by Gasteiger charge is 2.28. The van der Waals surface area contributed by atoms with Gasteiger partial charge in [0.15, 0.2) is 11.5 Å². The quantitative estimate of drug-likeness (QED) is 0.817. The smallest absolute Gasteiger partial charge is 0.226 e. The van der Waals surface area contributed by atoms with Crippen LogP contribution in [-0.2, 0) is 0 Å². The molecule has 3 rings (SSSR count). The molecule has 0 atom stereocenters. The molecule has 1 aliphatic carbocycles. The zero-order chi connectivity index (χ0) is 13.2. The fraction of sp³-hybridized carbons (Fsp3) is 0.583. The summed E-state index contributed by atoms with van der Waals surface area (Å²) in [4.78, 5) is 17.9. The van der Waals surface area contributed by atoms with E-state index in [2.05, 4.69) is 24.8 Å². The van der Waals surface area contributed by atoms with Gasteiger partial charge in [-0.25, -0.2) is 4.98 Å². The molecule has 19 heavy (non-hydrogen) atoms. The molecule has 0 bridgehead atoms. The highest BCUT2D eigenvalue weighted by Crippen LogP contribution is 2.32. The van der Waals surface area contributed by atoms with Crippen LogP contribution in [0.5, 0.6) is 0 Å². The molecule has 1 fully saturated rings. The molecule has 0 aromatic carbocycles. The van der Waals surface area contributed by atoms with Gasteiger partial charge in [-0.3, -0.25) is 0 Å². The fourth-order valence-electron chi connectivity index (χ4n) is 2.40. The van der Waals surface area contributed by atoms with Crippen molar-refractivity contribution in [3.8, 4) is 0 Å². The van der Waals surface area contributed by atoms with E-state index in [1.165, 1.54) is 6.42 Å². The molecule has 1 saturated carbocycles. The summed E-state index contributed by atoms with van der Waals surface area (Å²) in [6, 6.07) is 0.476. The third-order valence-electron chi connectivity index (χ3n) is 3.58. The third kappa shape index (κ3) is 2.37. The van der Waals surface area contributed by atoms with Gasteiger partial charge in [-0.05, 0) is 37.3 Å². The van der Waals surface area contributed by atoms with Crippen molar-refractivity contribution in [3.05, 3.63) is 11.6 Å². The number of halogens is 1. The van der Waals surface area contributed by atoms with Crippen molar-refractivity contribution in [2.75, 3.05) is 18.1 Å². The molecule has 0 radical (unpaired) electrons. The Morgan fingerprint density at radius 2 is 2.26 bits per heavy atom. The first-order valence-corrected chi connectivity index (χ1v) is 6.91. The summed E-state index contributed by atoms with van der Waals surface area (Å²) in [5.74, 6) is 0.797. The maximum atomic E-state index is 9.06. The lowest BCUT2D eigenvalue weighted by Crippen LogP contribution is -2.41. The Hall–Kier alpha value is -1.40. The summed E-state index contributed by atoms with van der Waals surface area (Å²) >= 11 is 5.97. The van der Waals surface area contributed by atoms with Gasteiger partial charge < -0.3 is 15.0 Å². The minimum atomic E-state index is 0.175. The molecule has 6 nitrogen and oxygen atoms in total. The van der Waals surface area contributed by atoms with Crippen molar-refractivity contribution in [2.24, 2.45) is 0 Å². The highest BCUT2D eigenvalue weighted by molar-refractivity contribution is 6.28. The second-order valence-corrected chi connectivity index (χ2v) is 5.11. The summed E-state index contributed by atoms with van der Waals surface area (Å²) in [6.45, 7) is 0.941. The lowest BCUT2D eigenvalue weighted by molar-refractivity contribution is 0.282. The van der Waals surface area contributed by atoms with Crippen LogP contribution in [0.1, 0.15) is 25.7 Å². The highest BCUT2D eigenvalue weighted by atomic mass is 35.5. The maximum absolute atomic E-state index is 9.06. The van der Waals surface area contributed by atoms with Crippen LogP contribution in [0.3, 0.4) is 0 Å². The van der Waals surface area contributed by atoms with Crippen molar-refractivity contribution < 1.29 is 5.11 Å². The van der Waals surface area contributed by atoms with E-state index in [1.807, 2.05) is 0 Å². The van der Waals surface area contributed by atoms with Crippen molar-refractivity contribution in [2.45, 2.75) is 31.7 Å². The lowest BCUT2D eigenvalue weighted by atomic mass is 9.91. The average Bonchev–Trinajstić information content (AvgIpc) is 2.78. The van der Waals surface area contributed by atoms with E-state index in [0.29, 0.717) is 18.1 Å². The number of fused-ring (bicyclic) bond motifs is 1. The van der Waals surface area contributed by atoms with E-state index in [-0.39, 0.29) is 11.9 Å². The molecule has 7 heteroatoms. The van der Waals surface area contributed by atoms with Crippen molar-refractivity contribution in [3.63, 3.8) is 0 Å². The standard InChI is InChI=1S/C12H16ClN5O/c13-12-16-10-9(14-7-15-10)11(17-12)18(5-2-6-19)8-3-1-4-8/h7-8,19H,1-6H2,(H,14,15,16,17). The van der Waals surface area contributed by atoms with Gasteiger partial charge in [-0.2, -0.15) is 9.97 Å². The van der Waals surface area contributed by atoms with Gasteiger partial charge >= 0.3 is 0 Å². The Bertz CT molecular complexity index is 568. The van der Waals surface area contributed by atoms with E-state index in [9.17, 15) is 0 Å². The zero-order valence-corrected chi connectivity index (χ0v) is 11.3. The first-order valence-electron chi connectivity index (χ1n) is 6.53. The van der Waals surface area contributed by atoms with Crippen molar-refractivity contribution >= 4 is 28.6 Å². The Kier molecular flexibility index (Phi) is 3.52. The minimum Gasteiger partial charge on any atom is -0.396 e. The van der Waals surface area contributed by atoms with Gasteiger partial charge in [0.05, 0.1) is 6.33 Å². The van der Waals surface area contributed by atoms with E-state index in [0.717, 1.165) is 30.7 Å². The molecule has 102 valence electrons. The van der Waals surface area contributed by atoms with E-state index in [1.54, 1.807) is 6.33 Å². The molecule has 2 aromatic rings. The largest absolute Gasteiger partial charge is 0.396 e. The number of H-pyrrole nitrogens is 1. The van der Waals surface area contributed by atoms with Gasteiger partial charge in [-0.15, -0.1) is 0 Å². The molecule has 2 heterocycles. The summed E-state index contributed by atoms with van der Waals surface area (Å²) in [7, 11) is 0. The molecule has 0 saturated heterocycles. The molecule has 0 unspecified atom stereocenters. The zero-order valence-electron chi connectivity index (χ0n) is 10.5. The van der Waals surface area contributed by atoms with Crippen LogP contribution in [0.4, 0.5) is 5.82 Å². The van der Waals surface area contributed by atoms with Crippen LogP contribution in [0.25, 0.3) is 11.2 Å². The summed E-state index contributed by atoms with van der Waals surface area (Å²) in [5.41, 5.74) is 1.40. The molecule has 1 aliphatic rings.